The third-order valence-corrected chi connectivity index (χ3v) is 12.0. The van der Waals surface area contributed by atoms with Crippen molar-refractivity contribution in [2.24, 2.45) is 0 Å². The highest BCUT2D eigenvalue weighted by atomic mass is 16.6. The molecule has 0 radical (unpaired) electrons. The summed E-state index contributed by atoms with van der Waals surface area (Å²) in [7, 11) is 0. The van der Waals surface area contributed by atoms with Crippen molar-refractivity contribution in [1.29, 1.82) is 0 Å². The molecule has 0 aromatic rings. The van der Waals surface area contributed by atoms with Gasteiger partial charge in [0.05, 0.1) is 0 Å². The maximum atomic E-state index is 12.8. The minimum absolute atomic E-state index is 0.0894. The minimum Gasteiger partial charge on any atom is -0.462 e. The molecule has 0 aliphatic heterocycles. The molecule has 0 rings (SSSR count). The van der Waals surface area contributed by atoms with Crippen molar-refractivity contribution in [2.45, 2.75) is 284 Å². The first kappa shape index (κ1) is 62.1. The lowest BCUT2D eigenvalue weighted by molar-refractivity contribution is -0.167. The number of rotatable bonds is 50. The Balaban J connectivity index is 4.34. The highest BCUT2D eigenvalue weighted by Gasteiger charge is 2.19. The molecule has 0 aliphatic rings. The average Bonchev–Trinajstić information content (AvgIpc) is 3.30. The Morgan fingerprint density at radius 1 is 0.338 bits per heavy atom. The van der Waals surface area contributed by atoms with Crippen LogP contribution >= 0.6 is 0 Å². The fourth-order valence-electron chi connectivity index (χ4n) is 7.87. The summed E-state index contributed by atoms with van der Waals surface area (Å²) in [5, 5.41) is 0. The molecule has 0 N–H and O–H groups in total. The number of ether oxygens (including phenoxy) is 3. The van der Waals surface area contributed by atoms with Crippen molar-refractivity contribution < 1.29 is 28.6 Å². The predicted octanol–water partition coefficient (Wildman–Crippen LogP) is 18.4. The van der Waals surface area contributed by atoms with Crippen molar-refractivity contribution in [3.05, 3.63) is 60.8 Å². The Bertz CT molecular complexity index is 1180. The Morgan fingerprint density at radius 3 is 1.11 bits per heavy atom. The molecule has 0 bridgehead atoms. The van der Waals surface area contributed by atoms with Gasteiger partial charge in [0.25, 0.3) is 0 Å². The Hall–Kier alpha value is -2.89. The molecule has 376 valence electrons. The van der Waals surface area contributed by atoms with Crippen molar-refractivity contribution in [3.63, 3.8) is 0 Å². The summed E-state index contributed by atoms with van der Waals surface area (Å²) in [6.45, 7) is 6.47. The standard InChI is InChI=1S/C59H104O6/c1-4-7-10-13-16-19-22-24-26-28-29-31-32-34-37-40-43-46-49-52-58(61)64-55-56(54-63-57(60)51-48-45-42-39-36-21-18-15-12-9-6-3)65-59(62)53-50-47-44-41-38-35-33-30-27-25-23-20-17-14-11-8-5-2/h9,12,16,18-19,21-22,24,39,42,56H,4-8,10-11,13-15,17,20,23,25-38,40-41,43-55H2,1-3H3/b12-9-,19-16-,21-18-,24-22-,42-39-. The number of allylic oxidation sites excluding steroid dienone is 10. The molecule has 0 aromatic heterocycles. The predicted molar refractivity (Wildman–Crippen MR) is 279 cm³/mol. The van der Waals surface area contributed by atoms with E-state index in [1.54, 1.807) is 0 Å². The van der Waals surface area contributed by atoms with E-state index in [1.165, 1.54) is 167 Å². The van der Waals surface area contributed by atoms with E-state index >= 15 is 0 Å². The largest absolute Gasteiger partial charge is 0.462 e. The van der Waals surface area contributed by atoms with E-state index in [0.717, 1.165) is 64.2 Å². The highest BCUT2D eigenvalue weighted by molar-refractivity contribution is 5.71. The van der Waals surface area contributed by atoms with Crippen LogP contribution in [0.25, 0.3) is 0 Å². The van der Waals surface area contributed by atoms with Gasteiger partial charge in [-0.2, -0.15) is 0 Å². The summed E-state index contributed by atoms with van der Waals surface area (Å²) in [5.41, 5.74) is 0. The third kappa shape index (κ3) is 51.9. The second-order valence-corrected chi connectivity index (χ2v) is 18.5. The molecule has 0 aliphatic carbocycles. The second kappa shape index (κ2) is 53.7. The fraction of sp³-hybridized carbons (Fsp3) is 0.780. The van der Waals surface area contributed by atoms with Crippen molar-refractivity contribution >= 4 is 17.9 Å². The number of hydrogen-bond acceptors (Lipinski definition) is 6. The first-order valence-electron chi connectivity index (χ1n) is 27.8. The van der Waals surface area contributed by atoms with Gasteiger partial charge in [-0.3, -0.25) is 14.4 Å². The van der Waals surface area contributed by atoms with E-state index in [-0.39, 0.29) is 37.5 Å². The molecule has 6 heteroatoms. The zero-order valence-electron chi connectivity index (χ0n) is 43.0. The molecule has 6 nitrogen and oxygen atoms in total. The van der Waals surface area contributed by atoms with Gasteiger partial charge >= 0.3 is 17.9 Å². The molecular weight excluding hydrogens is 805 g/mol. The SMILES string of the molecule is CC/C=C\C/C=C\C/C=C\CCCC(=O)OCC(COC(=O)CCCCCCCCCCCC/C=C\C=C/CCCCC)OC(=O)CCCCCCCCCCCCCCCCCCC. The molecule has 1 unspecified atom stereocenters. The number of hydrogen-bond donors (Lipinski definition) is 0. The molecule has 0 heterocycles. The topological polar surface area (TPSA) is 78.9 Å². The Kier molecular flexibility index (Phi) is 51.3. The van der Waals surface area contributed by atoms with Crippen LogP contribution in [0, 0.1) is 0 Å². The summed E-state index contributed by atoms with van der Waals surface area (Å²) in [5.74, 6) is -0.939. The van der Waals surface area contributed by atoms with E-state index in [4.69, 9.17) is 14.2 Å². The Labute approximate surface area is 402 Å². The zero-order valence-corrected chi connectivity index (χ0v) is 43.0. The highest BCUT2D eigenvalue weighted by Crippen LogP contribution is 2.16. The van der Waals surface area contributed by atoms with Gasteiger partial charge in [0, 0.05) is 19.3 Å². The molecule has 1 atom stereocenters. The van der Waals surface area contributed by atoms with Gasteiger partial charge in [-0.1, -0.05) is 248 Å². The summed E-state index contributed by atoms with van der Waals surface area (Å²) in [6.07, 6.45) is 66.5. The van der Waals surface area contributed by atoms with Crippen LogP contribution in [0.4, 0.5) is 0 Å². The van der Waals surface area contributed by atoms with Gasteiger partial charge in [0.15, 0.2) is 6.10 Å². The molecule has 0 aromatic carbocycles. The summed E-state index contributed by atoms with van der Waals surface area (Å²) >= 11 is 0. The van der Waals surface area contributed by atoms with Crippen LogP contribution in [0.2, 0.25) is 0 Å². The van der Waals surface area contributed by atoms with E-state index in [9.17, 15) is 14.4 Å². The van der Waals surface area contributed by atoms with Gasteiger partial charge in [0.1, 0.15) is 13.2 Å². The maximum absolute atomic E-state index is 12.8. The van der Waals surface area contributed by atoms with Crippen LogP contribution in [0.3, 0.4) is 0 Å². The second-order valence-electron chi connectivity index (χ2n) is 18.5. The van der Waals surface area contributed by atoms with E-state index in [2.05, 4.69) is 81.5 Å². The van der Waals surface area contributed by atoms with Crippen LogP contribution in [0.1, 0.15) is 278 Å². The van der Waals surface area contributed by atoms with Crippen LogP contribution in [0.5, 0.6) is 0 Å². The minimum atomic E-state index is -0.793. The van der Waals surface area contributed by atoms with E-state index in [1.807, 2.05) is 0 Å². The average molecular weight is 909 g/mol. The lowest BCUT2D eigenvalue weighted by Gasteiger charge is -2.18. The number of esters is 3. The molecule has 65 heavy (non-hydrogen) atoms. The van der Waals surface area contributed by atoms with Crippen LogP contribution in [-0.2, 0) is 28.6 Å². The molecule has 0 spiro atoms. The van der Waals surface area contributed by atoms with E-state index < -0.39 is 6.10 Å². The van der Waals surface area contributed by atoms with Gasteiger partial charge in [0.2, 0.25) is 0 Å². The molecular formula is C59H104O6. The lowest BCUT2D eigenvalue weighted by atomic mass is 10.0. The van der Waals surface area contributed by atoms with Gasteiger partial charge in [-0.25, -0.2) is 0 Å². The normalized spacial score (nSPS) is 12.5. The summed E-state index contributed by atoms with van der Waals surface area (Å²) in [4.78, 5) is 38.0. The first-order valence-corrected chi connectivity index (χ1v) is 27.8. The van der Waals surface area contributed by atoms with Crippen molar-refractivity contribution in [2.75, 3.05) is 13.2 Å². The van der Waals surface area contributed by atoms with Crippen LogP contribution in [0.15, 0.2) is 60.8 Å². The monoisotopic (exact) mass is 909 g/mol. The van der Waals surface area contributed by atoms with Gasteiger partial charge in [-0.15, -0.1) is 0 Å². The molecule has 0 amide bonds. The quantitative estimate of drug-likeness (QED) is 0.0199. The molecule has 0 fully saturated rings. The van der Waals surface area contributed by atoms with Gasteiger partial charge in [-0.05, 0) is 70.6 Å². The molecule has 0 saturated carbocycles. The zero-order chi connectivity index (χ0) is 47.2. The van der Waals surface area contributed by atoms with Crippen molar-refractivity contribution in [3.8, 4) is 0 Å². The van der Waals surface area contributed by atoms with Gasteiger partial charge < -0.3 is 14.2 Å². The third-order valence-electron chi connectivity index (χ3n) is 12.0. The lowest BCUT2D eigenvalue weighted by Crippen LogP contribution is -2.30. The first-order chi connectivity index (χ1) is 32.0. The van der Waals surface area contributed by atoms with Crippen molar-refractivity contribution in [1.82, 2.24) is 0 Å². The summed E-state index contributed by atoms with van der Waals surface area (Å²) in [6, 6.07) is 0. The fourth-order valence-corrected chi connectivity index (χ4v) is 7.87. The smallest absolute Gasteiger partial charge is 0.306 e. The maximum Gasteiger partial charge on any atom is 0.306 e. The van der Waals surface area contributed by atoms with E-state index in [0.29, 0.717) is 19.3 Å². The summed E-state index contributed by atoms with van der Waals surface area (Å²) < 4.78 is 16.8. The van der Waals surface area contributed by atoms with Crippen LogP contribution in [-0.4, -0.2) is 37.2 Å². The number of carbonyl (C=O) groups is 3. The number of unbranched alkanes of at least 4 members (excludes halogenated alkanes) is 30. The number of carbonyl (C=O) groups excluding carboxylic acids is 3. The van der Waals surface area contributed by atoms with Crippen LogP contribution < -0.4 is 0 Å². The molecule has 0 saturated heterocycles. The Morgan fingerprint density at radius 2 is 0.662 bits per heavy atom.